The molecule has 0 spiro atoms. The molecule has 1 aromatic carbocycles. The normalized spacial score (nSPS) is 13.5. The minimum absolute atomic E-state index is 0.193. The fourth-order valence-corrected chi connectivity index (χ4v) is 4.17. The number of benzene rings is 1. The number of methoxy groups -OCH3 is 1. The van der Waals surface area contributed by atoms with Gasteiger partial charge in [-0.25, -0.2) is 17.7 Å². The number of aryl methyl sites for hydroxylation is 1. The van der Waals surface area contributed by atoms with Crippen LogP contribution in [0.5, 0.6) is 5.75 Å². The summed E-state index contributed by atoms with van der Waals surface area (Å²) in [6, 6.07) is 5.44. The smallest absolute Gasteiger partial charge is 0.258 e. The summed E-state index contributed by atoms with van der Waals surface area (Å²) in [5.41, 5.74) is 3.23. The number of hydrogen-bond acceptors (Lipinski definition) is 4. The van der Waals surface area contributed by atoms with Crippen LogP contribution in [-0.2, 0) is 20.0 Å². The molecule has 32 heavy (non-hydrogen) atoms. The molecule has 4 heterocycles. The number of hydrogen-bond donors (Lipinski definition) is 0. The van der Waals surface area contributed by atoms with Crippen LogP contribution < -0.4 is 4.74 Å². The molecule has 4 aromatic rings. The van der Waals surface area contributed by atoms with Crippen LogP contribution in [0.25, 0.3) is 16.8 Å². The Kier molecular flexibility index (Phi) is 4.65. The van der Waals surface area contributed by atoms with Crippen molar-refractivity contribution in [1.29, 1.82) is 0 Å². The van der Waals surface area contributed by atoms with Gasteiger partial charge >= 0.3 is 0 Å². The average molecular weight is 441 g/mol. The number of rotatable bonds is 3. The fourth-order valence-electron chi connectivity index (χ4n) is 4.17. The highest BCUT2D eigenvalue weighted by Crippen LogP contribution is 2.32. The Morgan fingerprint density at radius 1 is 1.16 bits per heavy atom. The maximum Gasteiger partial charge on any atom is 0.258 e. The van der Waals surface area contributed by atoms with E-state index in [2.05, 4.69) is 10.2 Å². The second kappa shape index (κ2) is 7.40. The van der Waals surface area contributed by atoms with Crippen molar-refractivity contribution in [3.63, 3.8) is 0 Å². The molecule has 7 nitrogen and oxygen atoms in total. The van der Waals surface area contributed by atoms with Crippen LogP contribution in [0.4, 0.5) is 13.2 Å². The second-order valence-electron chi connectivity index (χ2n) is 7.59. The molecular formula is C22H18F3N5O2. The molecule has 1 amide bonds. The lowest BCUT2D eigenvalue weighted by Crippen LogP contribution is -2.35. The van der Waals surface area contributed by atoms with Crippen LogP contribution in [-0.4, -0.2) is 43.9 Å². The molecule has 3 aromatic heterocycles. The minimum Gasteiger partial charge on any atom is -0.495 e. The molecule has 0 N–H and O–H groups in total. The first-order valence-corrected chi connectivity index (χ1v) is 9.87. The third-order valence-corrected chi connectivity index (χ3v) is 5.70. The SMILES string of the molecule is COc1ccc2c(C(=O)N3CCc4c(nn(C)c4-c4cc(F)c(F)c(F)c4)C3)cnn2c1. The van der Waals surface area contributed by atoms with Crippen LogP contribution >= 0.6 is 0 Å². The zero-order valence-electron chi connectivity index (χ0n) is 17.3. The van der Waals surface area contributed by atoms with Crippen molar-refractivity contribution in [2.45, 2.75) is 13.0 Å². The van der Waals surface area contributed by atoms with Gasteiger partial charge in [0.2, 0.25) is 0 Å². The molecule has 0 atom stereocenters. The third kappa shape index (κ3) is 3.10. The van der Waals surface area contributed by atoms with Crippen molar-refractivity contribution in [3.05, 3.63) is 70.9 Å². The molecule has 0 saturated heterocycles. The van der Waals surface area contributed by atoms with Crippen LogP contribution in [0.2, 0.25) is 0 Å². The molecule has 1 aliphatic rings. The molecular weight excluding hydrogens is 423 g/mol. The molecule has 0 saturated carbocycles. The Labute approximate surface area is 180 Å². The van der Waals surface area contributed by atoms with Crippen molar-refractivity contribution in [2.75, 3.05) is 13.7 Å². The zero-order valence-corrected chi connectivity index (χ0v) is 17.3. The van der Waals surface area contributed by atoms with E-state index in [-0.39, 0.29) is 18.0 Å². The van der Waals surface area contributed by atoms with Crippen molar-refractivity contribution in [1.82, 2.24) is 24.3 Å². The average Bonchev–Trinajstić information content (AvgIpc) is 3.35. The molecule has 1 aliphatic heterocycles. The van der Waals surface area contributed by atoms with Gasteiger partial charge < -0.3 is 9.64 Å². The van der Waals surface area contributed by atoms with Crippen LogP contribution in [0.15, 0.2) is 36.7 Å². The van der Waals surface area contributed by atoms with E-state index in [9.17, 15) is 18.0 Å². The summed E-state index contributed by atoms with van der Waals surface area (Å²) in [4.78, 5) is 14.9. The second-order valence-corrected chi connectivity index (χ2v) is 7.59. The highest BCUT2D eigenvalue weighted by atomic mass is 19.2. The number of amides is 1. The lowest BCUT2D eigenvalue weighted by atomic mass is 9.99. The van der Waals surface area contributed by atoms with Crippen molar-refractivity contribution in [2.24, 2.45) is 7.05 Å². The van der Waals surface area contributed by atoms with Gasteiger partial charge in [0.25, 0.3) is 5.91 Å². The van der Waals surface area contributed by atoms with E-state index >= 15 is 0 Å². The summed E-state index contributed by atoms with van der Waals surface area (Å²) in [5, 5.41) is 8.69. The van der Waals surface area contributed by atoms with Gasteiger partial charge in [0.15, 0.2) is 17.5 Å². The number of fused-ring (bicyclic) bond motifs is 2. The van der Waals surface area contributed by atoms with E-state index in [0.29, 0.717) is 41.2 Å². The number of pyridine rings is 1. The molecule has 0 aliphatic carbocycles. The maximum absolute atomic E-state index is 13.8. The highest BCUT2D eigenvalue weighted by molar-refractivity contribution is 6.00. The van der Waals surface area contributed by atoms with Crippen molar-refractivity contribution < 1.29 is 22.7 Å². The van der Waals surface area contributed by atoms with Crippen molar-refractivity contribution >= 4 is 11.4 Å². The Morgan fingerprint density at radius 3 is 2.62 bits per heavy atom. The molecule has 0 unspecified atom stereocenters. The fraction of sp³-hybridized carbons (Fsp3) is 0.227. The topological polar surface area (TPSA) is 64.7 Å². The summed E-state index contributed by atoms with van der Waals surface area (Å²) in [6.07, 6.45) is 3.64. The standard InChI is InChI=1S/C22H18F3N5O2/c1-28-21(12-7-16(23)20(25)17(24)8-12)14-5-6-29(11-18(14)27-28)22(31)15-9-26-30-10-13(32-2)3-4-19(15)30/h3-4,7-10H,5-6,11H2,1-2H3. The number of aromatic nitrogens is 4. The molecule has 10 heteroatoms. The highest BCUT2D eigenvalue weighted by Gasteiger charge is 2.29. The number of ether oxygens (including phenoxy) is 1. The van der Waals surface area contributed by atoms with Crippen LogP contribution in [0.1, 0.15) is 21.6 Å². The first-order chi connectivity index (χ1) is 15.4. The zero-order chi connectivity index (χ0) is 22.6. The number of nitrogens with zero attached hydrogens (tertiary/aromatic N) is 5. The van der Waals surface area contributed by atoms with E-state index in [0.717, 1.165) is 17.7 Å². The number of halogens is 3. The Morgan fingerprint density at radius 2 is 1.91 bits per heavy atom. The van der Waals surface area contributed by atoms with Gasteiger partial charge in [-0.1, -0.05) is 0 Å². The molecule has 0 fully saturated rings. The third-order valence-electron chi connectivity index (χ3n) is 5.70. The summed E-state index contributed by atoms with van der Waals surface area (Å²) < 4.78 is 49.2. The first kappa shape index (κ1) is 20.1. The molecule has 0 radical (unpaired) electrons. The Bertz CT molecular complexity index is 1350. The van der Waals surface area contributed by atoms with Gasteiger partial charge in [-0.15, -0.1) is 0 Å². The minimum atomic E-state index is -1.51. The number of carbonyl (C=O) groups is 1. The summed E-state index contributed by atoms with van der Waals surface area (Å²) >= 11 is 0. The Balaban J connectivity index is 1.46. The van der Waals surface area contributed by atoms with Crippen LogP contribution in [0.3, 0.4) is 0 Å². The first-order valence-electron chi connectivity index (χ1n) is 9.87. The van der Waals surface area contributed by atoms with E-state index < -0.39 is 17.5 Å². The number of carbonyl (C=O) groups excluding carboxylic acids is 1. The Hall–Kier alpha value is -3.82. The molecule has 0 bridgehead atoms. The maximum atomic E-state index is 13.8. The van der Waals surface area contributed by atoms with Gasteiger partial charge in [0.05, 0.1) is 48.5 Å². The van der Waals surface area contributed by atoms with Gasteiger partial charge in [-0.05, 0) is 30.7 Å². The van der Waals surface area contributed by atoms with E-state index in [4.69, 9.17) is 4.74 Å². The van der Waals surface area contributed by atoms with Gasteiger partial charge in [-0.3, -0.25) is 9.48 Å². The largest absolute Gasteiger partial charge is 0.495 e. The predicted octanol–water partition coefficient (Wildman–Crippen LogP) is 3.36. The lowest BCUT2D eigenvalue weighted by Gasteiger charge is -2.26. The van der Waals surface area contributed by atoms with E-state index in [1.807, 2.05) is 0 Å². The van der Waals surface area contributed by atoms with Crippen molar-refractivity contribution in [3.8, 4) is 17.0 Å². The van der Waals surface area contributed by atoms with Gasteiger partial charge in [0, 0.05) is 24.7 Å². The quantitative estimate of drug-likeness (QED) is 0.458. The van der Waals surface area contributed by atoms with Crippen LogP contribution in [0, 0.1) is 17.5 Å². The summed E-state index contributed by atoms with van der Waals surface area (Å²) in [7, 11) is 3.20. The summed E-state index contributed by atoms with van der Waals surface area (Å²) in [5.74, 6) is -3.59. The monoisotopic (exact) mass is 441 g/mol. The van der Waals surface area contributed by atoms with E-state index in [1.165, 1.54) is 10.9 Å². The van der Waals surface area contributed by atoms with Gasteiger partial charge in [-0.2, -0.15) is 10.2 Å². The van der Waals surface area contributed by atoms with E-state index in [1.54, 1.807) is 41.9 Å². The predicted molar refractivity (Wildman–Crippen MR) is 109 cm³/mol. The summed E-state index contributed by atoms with van der Waals surface area (Å²) in [6.45, 7) is 0.631. The van der Waals surface area contributed by atoms with Gasteiger partial charge in [0.1, 0.15) is 5.75 Å². The molecule has 164 valence electrons. The lowest BCUT2D eigenvalue weighted by molar-refractivity contribution is 0.0734. The molecule has 5 rings (SSSR count).